The molecule has 0 saturated carbocycles. The molecule has 2 N–H and O–H groups in total. The van der Waals surface area contributed by atoms with Crippen molar-refractivity contribution in [2.75, 3.05) is 12.4 Å². The summed E-state index contributed by atoms with van der Waals surface area (Å²) < 4.78 is 5.34. The van der Waals surface area contributed by atoms with Crippen molar-refractivity contribution in [2.45, 2.75) is 20.4 Å². The molecule has 2 aromatic carbocycles. The van der Waals surface area contributed by atoms with Crippen molar-refractivity contribution < 1.29 is 9.53 Å². The van der Waals surface area contributed by atoms with Crippen LogP contribution in [0.5, 0.6) is 5.75 Å². The van der Waals surface area contributed by atoms with E-state index in [2.05, 4.69) is 20.6 Å². The van der Waals surface area contributed by atoms with Gasteiger partial charge < -0.3 is 15.4 Å². The van der Waals surface area contributed by atoms with Gasteiger partial charge in [-0.3, -0.25) is 4.79 Å². The van der Waals surface area contributed by atoms with E-state index < -0.39 is 0 Å². The Morgan fingerprint density at radius 2 is 1.86 bits per heavy atom. The highest BCUT2D eigenvalue weighted by Gasteiger charge is 2.11. The molecule has 28 heavy (non-hydrogen) atoms. The maximum atomic E-state index is 12.3. The van der Waals surface area contributed by atoms with Crippen LogP contribution in [0.15, 0.2) is 48.8 Å². The second kappa shape index (κ2) is 8.71. The van der Waals surface area contributed by atoms with E-state index in [0.717, 1.165) is 16.8 Å². The number of rotatable bonds is 6. The van der Waals surface area contributed by atoms with Gasteiger partial charge in [-0.2, -0.15) is 0 Å². The number of hydrogen-bond acceptors (Lipinski definition) is 5. The van der Waals surface area contributed by atoms with Crippen molar-refractivity contribution in [3.63, 3.8) is 0 Å². The quantitative estimate of drug-likeness (QED) is 0.644. The van der Waals surface area contributed by atoms with Crippen LogP contribution in [0.4, 0.5) is 11.5 Å². The number of carbonyl (C=O) groups is 1. The van der Waals surface area contributed by atoms with E-state index in [-0.39, 0.29) is 11.6 Å². The van der Waals surface area contributed by atoms with Crippen molar-refractivity contribution in [2.24, 2.45) is 0 Å². The molecule has 0 aliphatic heterocycles. The number of benzene rings is 2. The number of aromatic nitrogens is 2. The molecule has 0 atom stereocenters. The van der Waals surface area contributed by atoms with Crippen molar-refractivity contribution in [1.82, 2.24) is 15.3 Å². The first-order valence-corrected chi connectivity index (χ1v) is 9.11. The topological polar surface area (TPSA) is 76.1 Å². The van der Waals surface area contributed by atoms with E-state index >= 15 is 0 Å². The molecule has 7 heteroatoms. The van der Waals surface area contributed by atoms with Crippen LogP contribution >= 0.6 is 11.6 Å². The molecule has 6 nitrogen and oxygen atoms in total. The predicted octanol–water partition coefficient (Wildman–Crippen LogP) is 4.43. The van der Waals surface area contributed by atoms with Gasteiger partial charge >= 0.3 is 0 Å². The van der Waals surface area contributed by atoms with Crippen molar-refractivity contribution in [3.8, 4) is 5.75 Å². The van der Waals surface area contributed by atoms with Crippen LogP contribution in [0.2, 0.25) is 5.02 Å². The number of amides is 1. The lowest BCUT2D eigenvalue weighted by Crippen LogP contribution is -2.24. The smallest absolute Gasteiger partial charge is 0.271 e. The third kappa shape index (κ3) is 4.78. The van der Waals surface area contributed by atoms with E-state index in [9.17, 15) is 4.79 Å². The lowest BCUT2D eigenvalue weighted by Gasteiger charge is -2.12. The molecule has 0 saturated heterocycles. The molecule has 0 spiro atoms. The van der Waals surface area contributed by atoms with Gasteiger partial charge in [-0.1, -0.05) is 41.4 Å². The summed E-state index contributed by atoms with van der Waals surface area (Å²) in [5.74, 6) is 0.812. The molecule has 0 fully saturated rings. The van der Waals surface area contributed by atoms with Crippen molar-refractivity contribution >= 4 is 29.0 Å². The highest BCUT2D eigenvalue weighted by Crippen LogP contribution is 2.32. The zero-order valence-electron chi connectivity index (χ0n) is 15.9. The molecule has 1 amide bonds. The van der Waals surface area contributed by atoms with Crippen LogP contribution in [-0.4, -0.2) is 23.0 Å². The molecule has 0 aliphatic rings. The maximum absolute atomic E-state index is 12.3. The van der Waals surface area contributed by atoms with Crippen LogP contribution < -0.4 is 15.4 Å². The van der Waals surface area contributed by atoms with E-state index in [0.29, 0.717) is 23.1 Å². The lowest BCUT2D eigenvalue weighted by atomic mass is 10.1. The molecule has 0 radical (unpaired) electrons. The number of ether oxygens (including phenoxy) is 1. The number of halogens is 1. The molecule has 1 aromatic heterocycles. The minimum absolute atomic E-state index is 0.247. The van der Waals surface area contributed by atoms with Gasteiger partial charge in [0.15, 0.2) is 0 Å². The maximum Gasteiger partial charge on any atom is 0.271 e. The normalized spacial score (nSPS) is 10.4. The summed E-state index contributed by atoms with van der Waals surface area (Å²) in [5.41, 5.74) is 4.07. The van der Waals surface area contributed by atoms with Gasteiger partial charge in [0.2, 0.25) is 0 Å². The Kier molecular flexibility index (Phi) is 6.11. The standard InChI is InChI=1S/C21H21ClN4O2/c1-13-4-6-15(7-5-13)10-25-21(27)18-11-24-20(12-23-18)26-17-8-14(2)16(22)9-19(17)28-3/h4-9,11-12H,10H2,1-3H3,(H,24,26)(H,25,27). The molecule has 3 aromatic rings. The highest BCUT2D eigenvalue weighted by atomic mass is 35.5. The summed E-state index contributed by atoms with van der Waals surface area (Å²) in [7, 11) is 1.57. The third-order valence-electron chi connectivity index (χ3n) is 4.20. The predicted molar refractivity (Wildman–Crippen MR) is 110 cm³/mol. The second-order valence-electron chi connectivity index (χ2n) is 6.38. The molecule has 144 valence electrons. The largest absolute Gasteiger partial charge is 0.495 e. The first-order valence-electron chi connectivity index (χ1n) is 8.73. The minimum Gasteiger partial charge on any atom is -0.495 e. The Hall–Kier alpha value is -3.12. The molecule has 0 aliphatic carbocycles. The molecular formula is C21H21ClN4O2. The molecule has 0 unspecified atom stereocenters. The van der Waals surface area contributed by atoms with Gasteiger partial charge in [0.25, 0.3) is 5.91 Å². The number of nitrogens with one attached hydrogen (secondary N) is 2. The van der Waals surface area contributed by atoms with E-state index in [1.54, 1.807) is 13.2 Å². The number of aryl methyl sites for hydroxylation is 2. The molecule has 0 bridgehead atoms. The summed E-state index contributed by atoms with van der Waals surface area (Å²) >= 11 is 6.12. The van der Waals surface area contributed by atoms with Crippen LogP contribution in [0.3, 0.4) is 0 Å². The zero-order valence-corrected chi connectivity index (χ0v) is 16.7. The van der Waals surface area contributed by atoms with Crippen LogP contribution in [0.25, 0.3) is 0 Å². The third-order valence-corrected chi connectivity index (χ3v) is 4.61. The highest BCUT2D eigenvalue weighted by molar-refractivity contribution is 6.31. The Morgan fingerprint density at radius 3 is 2.50 bits per heavy atom. The second-order valence-corrected chi connectivity index (χ2v) is 6.79. The van der Waals surface area contributed by atoms with Gasteiger partial charge in [0.1, 0.15) is 17.3 Å². The van der Waals surface area contributed by atoms with Crippen molar-refractivity contribution in [1.29, 1.82) is 0 Å². The molecule has 3 rings (SSSR count). The summed E-state index contributed by atoms with van der Waals surface area (Å²) in [6.07, 6.45) is 2.94. The van der Waals surface area contributed by atoms with Crippen LogP contribution in [0.1, 0.15) is 27.2 Å². The fourth-order valence-corrected chi connectivity index (χ4v) is 2.71. The molecule has 1 heterocycles. The SMILES string of the molecule is COc1cc(Cl)c(C)cc1Nc1cnc(C(=O)NCc2ccc(C)cc2)cn1. The summed E-state index contributed by atoms with van der Waals surface area (Å²) in [5, 5.41) is 6.59. The lowest BCUT2D eigenvalue weighted by molar-refractivity contribution is 0.0945. The fourth-order valence-electron chi connectivity index (χ4n) is 2.56. The Balaban J connectivity index is 1.65. The summed E-state index contributed by atoms with van der Waals surface area (Å²) in [6, 6.07) is 11.6. The first kappa shape index (κ1) is 19.6. The average molecular weight is 397 g/mol. The molecular weight excluding hydrogens is 376 g/mol. The van der Waals surface area contributed by atoms with Crippen LogP contribution in [-0.2, 0) is 6.54 Å². The number of methoxy groups -OCH3 is 1. The van der Waals surface area contributed by atoms with Gasteiger partial charge in [-0.05, 0) is 31.0 Å². The Bertz CT molecular complexity index is 973. The summed E-state index contributed by atoms with van der Waals surface area (Å²) in [6.45, 7) is 4.36. The summed E-state index contributed by atoms with van der Waals surface area (Å²) in [4.78, 5) is 20.7. The Morgan fingerprint density at radius 1 is 1.11 bits per heavy atom. The first-order chi connectivity index (χ1) is 13.5. The van der Waals surface area contributed by atoms with Crippen molar-refractivity contribution in [3.05, 3.63) is 76.2 Å². The minimum atomic E-state index is -0.278. The van der Waals surface area contributed by atoms with E-state index in [1.165, 1.54) is 18.0 Å². The van der Waals surface area contributed by atoms with E-state index in [1.807, 2.05) is 44.2 Å². The van der Waals surface area contributed by atoms with Gasteiger partial charge in [-0.15, -0.1) is 0 Å². The number of anilines is 2. The Labute approximate surface area is 168 Å². The number of hydrogen-bond donors (Lipinski definition) is 2. The monoisotopic (exact) mass is 396 g/mol. The van der Waals surface area contributed by atoms with Gasteiger partial charge in [0.05, 0.1) is 25.2 Å². The van der Waals surface area contributed by atoms with E-state index in [4.69, 9.17) is 16.3 Å². The van der Waals surface area contributed by atoms with Gasteiger partial charge in [0, 0.05) is 17.6 Å². The zero-order chi connectivity index (χ0) is 20.1. The van der Waals surface area contributed by atoms with Crippen LogP contribution in [0, 0.1) is 13.8 Å². The number of carbonyl (C=O) groups excluding carboxylic acids is 1. The number of nitrogens with zero attached hydrogens (tertiary/aromatic N) is 2. The van der Waals surface area contributed by atoms with Gasteiger partial charge in [-0.25, -0.2) is 9.97 Å². The average Bonchev–Trinajstić information content (AvgIpc) is 2.70. The fraction of sp³-hybridized carbons (Fsp3) is 0.190.